The van der Waals surface area contributed by atoms with Gasteiger partial charge < -0.3 is 15.3 Å². The van der Waals surface area contributed by atoms with Gasteiger partial charge in [-0.1, -0.05) is 6.07 Å². The molecule has 0 bridgehead atoms. The Morgan fingerprint density at radius 2 is 1.69 bits per heavy atom. The molecule has 1 aromatic rings. The molecule has 0 aliphatic carbocycles. The molecule has 16 heavy (non-hydrogen) atoms. The van der Waals surface area contributed by atoms with Gasteiger partial charge in [0.05, 0.1) is 11.1 Å². The number of carbonyl (C=O) groups is 2. The van der Waals surface area contributed by atoms with Crippen molar-refractivity contribution in [2.24, 2.45) is 0 Å². The van der Waals surface area contributed by atoms with Gasteiger partial charge in [0.25, 0.3) is 0 Å². The van der Waals surface area contributed by atoms with Crippen molar-refractivity contribution < 1.29 is 24.9 Å². The van der Waals surface area contributed by atoms with E-state index < -0.39 is 11.9 Å². The molecule has 5 heteroatoms. The fraction of sp³-hybridized carbons (Fsp3) is 0.273. The molecule has 88 valence electrons. The summed E-state index contributed by atoms with van der Waals surface area (Å²) < 4.78 is 0. The fourth-order valence-electron chi connectivity index (χ4n) is 0.985. The standard InChI is InChI=1S/C9H8O4.C2H6O/c1-5-2-3-6(8(10)11)4-7(5)9(12)13;1-2-3/h2-4H,1H3,(H,10,11)(H,12,13);3H,2H2,1H3. The maximum Gasteiger partial charge on any atom is 0.335 e. The third-order valence-corrected chi connectivity index (χ3v) is 1.71. The van der Waals surface area contributed by atoms with Crippen molar-refractivity contribution in [3.05, 3.63) is 34.9 Å². The maximum atomic E-state index is 10.6. The highest BCUT2D eigenvalue weighted by Crippen LogP contribution is 2.11. The van der Waals surface area contributed by atoms with Crippen molar-refractivity contribution in [1.29, 1.82) is 0 Å². The first-order chi connectivity index (χ1) is 7.43. The van der Waals surface area contributed by atoms with Gasteiger partial charge in [-0.2, -0.15) is 0 Å². The number of rotatable bonds is 2. The summed E-state index contributed by atoms with van der Waals surface area (Å²) in [7, 11) is 0. The molecule has 0 saturated carbocycles. The minimum atomic E-state index is -1.12. The topological polar surface area (TPSA) is 94.8 Å². The van der Waals surface area contributed by atoms with E-state index in [0.717, 1.165) is 6.07 Å². The summed E-state index contributed by atoms with van der Waals surface area (Å²) in [6.07, 6.45) is 0. The van der Waals surface area contributed by atoms with Crippen LogP contribution in [0.5, 0.6) is 0 Å². The van der Waals surface area contributed by atoms with E-state index >= 15 is 0 Å². The van der Waals surface area contributed by atoms with Gasteiger partial charge in [0, 0.05) is 6.61 Å². The molecule has 0 atom stereocenters. The highest BCUT2D eigenvalue weighted by Gasteiger charge is 2.10. The van der Waals surface area contributed by atoms with Crippen LogP contribution in [0.15, 0.2) is 18.2 Å². The van der Waals surface area contributed by atoms with Crippen LogP contribution in [0.2, 0.25) is 0 Å². The smallest absolute Gasteiger partial charge is 0.335 e. The lowest BCUT2D eigenvalue weighted by Gasteiger charge is -2.01. The van der Waals surface area contributed by atoms with Crippen LogP contribution in [-0.4, -0.2) is 33.9 Å². The molecule has 1 aromatic carbocycles. The lowest BCUT2D eigenvalue weighted by molar-refractivity contribution is 0.0695. The Kier molecular flexibility index (Phi) is 5.80. The van der Waals surface area contributed by atoms with Crippen LogP contribution in [0.3, 0.4) is 0 Å². The highest BCUT2D eigenvalue weighted by molar-refractivity contribution is 5.94. The van der Waals surface area contributed by atoms with Gasteiger partial charge in [0.15, 0.2) is 0 Å². The molecule has 0 aliphatic heterocycles. The number of carboxylic acids is 2. The first kappa shape index (κ1) is 14.1. The van der Waals surface area contributed by atoms with Crippen molar-refractivity contribution >= 4 is 11.9 Å². The molecule has 0 radical (unpaired) electrons. The summed E-state index contributed by atoms with van der Waals surface area (Å²) in [5.41, 5.74) is 0.570. The molecular weight excluding hydrogens is 212 g/mol. The molecule has 3 N–H and O–H groups in total. The SMILES string of the molecule is CCO.Cc1ccc(C(=O)O)cc1C(=O)O. The first-order valence-electron chi connectivity index (χ1n) is 4.62. The van der Waals surface area contributed by atoms with Gasteiger partial charge in [0.1, 0.15) is 0 Å². The van der Waals surface area contributed by atoms with Crippen molar-refractivity contribution in [3.8, 4) is 0 Å². The van der Waals surface area contributed by atoms with E-state index in [2.05, 4.69) is 0 Å². The zero-order valence-corrected chi connectivity index (χ0v) is 9.10. The van der Waals surface area contributed by atoms with Gasteiger partial charge in [0.2, 0.25) is 0 Å². The predicted molar refractivity (Wildman–Crippen MR) is 57.9 cm³/mol. The van der Waals surface area contributed by atoms with Crippen molar-refractivity contribution in [2.75, 3.05) is 6.61 Å². The van der Waals surface area contributed by atoms with Crippen LogP contribution in [-0.2, 0) is 0 Å². The van der Waals surface area contributed by atoms with Crippen molar-refractivity contribution in [2.45, 2.75) is 13.8 Å². The van der Waals surface area contributed by atoms with Gasteiger partial charge >= 0.3 is 11.9 Å². The normalized spacial score (nSPS) is 8.94. The second-order valence-electron chi connectivity index (χ2n) is 2.96. The third kappa shape index (κ3) is 4.10. The monoisotopic (exact) mass is 226 g/mol. The Labute approximate surface area is 93.0 Å². The molecule has 0 unspecified atom stereocenters. The zero-order chi connectivity index (χ0) is 12.7. The number of aliphatic hydroxyl groups is 1. The molecule has 0 spiro atoms. The van der Waals surface area contributed by atoms with Gasteiger partial charge in [-0.15, -0.1) is 0 Å². The number of hydrogen-bond acceptors (Lipinski definition) is 3. The second kappa shape index (κ2) is 6.58. The van der Waals surface area contributed by atoms with E-state index in [-0.39, 0.29) is 17.7 Å². The van der Waals surface area contributed by atoms with Crippen LogP contribution in [0.4, 0.5) is 0 Å². The third-order valence-electron chi connectivity index (χ3n) is 1.71. The number of carboxylic acid groups (broad SMARTS) is 2. The quantitative estimate of drug-likeness (QED) is 0.708. The maximum absolute atomic E-state index is 10.6. The lowest BCUT2D eigenvalue weighted by Crippen LogP contribution is -2.03. The number of aromatic carboxylic acids is 2. The zero-order valence-electron chi connectivity index (χ0n) is 9.10. The van der Waals surface area contributed by atoms with E-state index in [1.54, 1.807) is 13.8 Å². The summed E-state index contributed by atoms with van der Waals surface area (Å²) >= 11 is 0. The average molecular weight is 226 g/mol. The summed E-state index contributed by atoms with van der Waals surface area (Å²) in [5, 5.41) is 24.8. The van der Waals surface area contributed by atoms with Crippen molar-refractivity contribution in [3.63, 3.8) is 0 Å². The van der Waals surface area contributed by atoms with E-state index in [0.29, 0.717) is 5.56 Å². The summed E-state index contributed by atoms with van der Waals surface area (Å²) in [5.74, 6) is -2.23. The molecule has 0 aromatic heterocycles. The number of aryl methyl sites for hydroxylation is 1. The molecule has 0 aliphatic rings. The lowest BCUT2D eigenvalue weighted by atomic mass is 10.1. The molecular formula is C11H14O5. The molecule has 0 fully saturated rings. The molecule has 0 amide bonds. The predicted octanol–water partition coefficient (Wildman–Crippen LogP) is 1.39. The largest absolute Gasteiger partial charge is 0.478 e. The molecule has 0 heterocycles. The molecule has 5 nitrogen and oxygen atoms in total. The van der Waals surface area contributed by atoms with E-state index in [1.807, 2.05) is 0 Å². The first-order valence-corrected chi connectivity index (χ1v) is 4.62. The summed E-state index contributed by atoms with van der Waals surface area (Å²) in [6, 6.07) is 4.01. The molecule has 1 rings (SSSR count). The van der Waals surface area contributed by atoms with Gasteiger partial charge in [-0.3, -0.25) is 0 Å². The minimum Gasteiger partial charge on any atom is -0.478 e. The minimum absolute atomic E-state index is 0.0111. The second-order valence-corrected chi connectivity index (χ2v) is 2.96. The number of benzene rings is 1. The Morgan fingerprint density at radius 1 is 1.19 bits per heavy atom. The number of aliphatic hydroxyl groups excluding tert-OH is 1. The fourth-order valence-corrected chi connectivity index (χ4v) is 0.985. The summed E-state index contributed by atoms with van der Waals surface area (Å²) in [4.78, 5) is 21.1. The highest BCUT2D eigenvalue weighted by atomic mass is 16.4. The van der Waals surface area contributed by atoms with Gasteiger partial charge in [-0.05, 0) is 31.5 Å². The van der Waals surface area contributed by atoms with Crippen LogP contribution < -0.4 is 0 Å². The van der Waals surface area contributed by atoms with E-state index in [1.165, 1.54) is 12.1 Å². The van der Waals surface area contributed by atoms with Crippen LogP contribution >= 0.6 is 0 Å². The molecule has 0 saturated heterocycles. The Hall–Kier alpha value is -1.88. The van der Waals surface area contributed by atoms with Crippen LogP contribution in [0, 0.1) is 6.92 Å². The Balaban J connectivity index is 0.000000673. The summed E-state index contributed by atoms with van der Waals surface area (Å²) in [6.45, 7) is 3.55. The van der Waals surface area contributed by atoms with Crippen LogP contribution in [0.1, 0.15) is 33.2 Å². The van der Waals surface area contributed by atoms with Crippen molar-refractivity contribution in [1.82, 2.24) is 0 Å². The van der Waals surface area contributed by atoms with E-state index in [9.17, 15) is 9.59 Å². The average Bonchev–Trinajstić information content (AvgIpc) is 2.18. The van der Waals surface area contributed by atoms with E-state index in [4.69, 9.17) is 15.3 Å². The Bertz CT molecular complexity index is 384. The van der Waals surface area contributed by atoms with Crippen LogP contribution in [0.25, 0.3) is 0 Å². The van der Waals surface area contributed by atoms with Gasteiger partial charge in [-0.25, -0.2) is 9.59 Å². The number of hydrogen-bond donors (Lipinski definition) is 3. The Morgan fingerprint density at radius 3 is 2.06 bits per heavy atom.